The van der Waals surface area contributed by atoms with Crippen LogP contribution in [0, 0.1) is 13.8 Å². The lowest BCUT2D eigenvalue weighted by Gasteiger charge is -2.09. The Balaban J connectivity index is 1.81. The summed E-state index contributed by atoms with van der Waals surface area (Å²) in [6.45, 7) is 4.18. The molecule has 26 heavy (non-hydrogen) atoms. The quantitative estimate of drug-likeness (QED) is 0.352. The lowest BCUT2D eigenvalue weighted by Crippen LogP contribution is -2.00. The van der Waals surface area contributed by atoms with Crippen molar-refractivity contribution in [2.75, 3.05) is 0 Å². The van der Waals surface area contributed by atoms with Crippen molar-refractivity contribution in [3.05, 3.63) is 92.3 Å². The lowest BCUT2D eigenvalue weighted by atomic mass is 9.97. The Morgan fingerprint density at radius 3 is 1.46 bits per heavy atom. The highest BCUT2D eigenvalue weighted by Gasteiger charge is 2.22. The average molecular weight is 375 g/mol. The molecule has 0 aliphatic carbocycles. The van der Waals surface area contributed by atoms with Gasteiger partial charge in [0, 0.05) is 11.1 Å². The van der Waals surface area contributed by atoms with Gasteiger partial charge in [-0.3, -0.25) is 4.79 Å². The van der Waals surface area contributed by atoms with Gasteiger partial charge in [0.2, 0.25) is 5.78 Å². The summed E-state index contributed by atoms with van der Waals surface area (Å²) in [4.78, 5) is 15.0. The molecule has 0 aliphatic heterocycles. The first-order chi connectivity index (χ1) is 12.7. The summed E-state index contributed by atoms with van der Waals surface area (Å²) in [5.74, 6) is 0.117. The zero-order chi connectivity index (χ0) is 18.1. The largest absolute Gasteiger partial charge is 0.287 e. The van der Waals surface area contributed by atoms with Crippen molar-refractivity contribution in [1.82, 2.24) is 0 Å². The van der Waals surface area contributed by atoms with Crippen molar-refractivity contribution in [2.24, 2.45) is 0 Å². The maximum absolute atomic E-state index is 13.4. The van der Waals surface area contributed by atoms with Gasteiger partial charge >= 0.3 is 0 Å². The van der Waals surface area contributed by atoms with Crippen molar-refractivity contribution in [2.45, 2.75) is 13.8 Å². The van der Waals surface area contributed by atoms with Crippen molar-refractivity contribution >= 4 is 28.5 Å². The third kappa shape index (κ3) is 2.94. The van der Waals surface area contributed by atoms with Crippen LogP contribution in [0.3, 0.4) is 0 Å². The Labute approximate surface area is 161 Å². The molecule has 0 fully saturated rings. The second-order valence-corrected chi connectivity index (χ2v) is 8.12. The van der Waals surface area contributed by atoms with Crippen LogP contribution in [-0.2, 0) is 0 Å². The van der Waals surface area contributed by atoms with Gasteiger partial charge in [0.1, 0.15) is 0 Å². The van der Waals surface area contributed by atoms with E-state index in [0.29, 0.717) is 0 Å². The Bertz CT molecular complexity index is 999. The van der Waals surface area contributed by atoms with Crippen LogP contribution < -0.4 is 0 Å². The van der Waals surface area contributed by atoms with Gasteiger partial charge in [-0.25, -0.2) is 0 Å². The van der Waals surface area contributed by atoms with Crippen molar-refractivity contribution in [3.63, 3.8) is 0 Å². The summed E-state index contributed by atoms with van der Waals surface area (Å²) >= 11 is 3.05. The van der Waals surface area contributed by atoms with E-state index >= 15 is 0 Å². The van der Waals surface area contributed by atoms with Crippen LogP contribution in [0.1, 0.15) is 25.7 Å². The van der Waals surface area contributed by atoms with E-state index in [1.807, 2.05) is 35.0 Å². The molecule has 0 saturated heterocycles. The van der Waals surface area contributed by atoms with Crippen LogP contribution in [-0.4, -0.2) is 5.78 Å². The van der Waals surface area contributed by atoms with E-state index in [9.17, 15) is 4.79 Å². The van der Waals surface area contributed by atoms with Gasteiger partial charge in [0.15, 0.2) is 0 Å². The number of carbonyl (C=O) groups is 1. The van der Waals surface area contributed by atoms with Gasteiger partial charge in [-0.15, -0.1) is 22.7 Å². The number of hydrogen-bond acceptors (Lipinski definition) is 3. The Hall–Kier alpha value is -2.49. The van der Waals surface area contributed by atoms with Crippen LogP contribution in [0.25, 0.3) is 22.3 Å². The molecule has 0 bridgehead atoms. The van der Waals surface area contributed by atoms with Crippen LogP contribution in [0.4, 0.5) is 0 Å². The molecule has 0 amide bonds. The van der Waals surface area contributed by atoms with Gasteiger partial charge in [-0.2, -0.15) is 0 Å². The number of benzene rings is 2. The highest BCUT2D eigenvalue weighted by Crippen LogP contribution is 2.37. The maximum Gasteiger partial charge on any atom is 0.214 e. The first-order valence-corrected chi connectivity index (χ1v) is 10.2. The fraction of sp³-hybridized carbons (Fsp3) is 0.0870. The minimum absolute atomic E-state index is 0.117. The molecule has 4 rings (SSSR count). The molecule has 1 nitrogen and oxygen atoms in total. The molecule has 3 heteroatoms. The highest BCUT2D eigenvalue weighted by molar-refractivity contribution is 7.16. The fourth-order valence-electron chi connectivity index (χ4n) is 3.25. The molecule has 0 saturated carbocycles. The van der Waals surface area contributed by atoms with Crippen molar-refractivity contribution in [1.29, 1.82) is 0 Å². The van der Waals surface area contributed by atoms with Gasteiger partial charge in [0.25, 0.3) is 0 Å². The van der Waals surface area contributed by atoms with Crippen molar-refractivity contribution in [3.8, 4) is 22.3 Å². The van der Waals surface area contributed by atoms with Gasteiger partial charge in [0.05, 0.1) is 9.75 Å². The van der Waals surface area contributed by atoms with Crippen LogP contribution >= 0.6 is 22.7 Å². The van der Waals surface area contributed by atoms with E-state index in [4.69, 9.17) is 0 Å². The first-order valence-electron chi connectivity index (χ1n) is 8.48. The summed E-state index contributed by atoms with van der Waals surface area (Å²) in [5, 5.41) is 4.02. The predicted molar refractivity (Wildman–Crippen MR) is 112 cm³/mol. The van der Waals surface area contributed by atoms with Gasteiger partial charge in [-0.05, 0) is 59.0 Å². The Morgan fingerprint density at radius 1 is 0.615 bits per heavy atom. The molecule has 128 valence electrons. The fourth-order valence-corrected chi connectivity index (χ4v) is 5.02. The Morgan fingerprint density at radius 2 is 1.04 bits per heavy atom. The zero-order valence-corrected chi connectivity index (χ0v) is 16.3. The lowest BCUT2D eigenvalue weighted by molar-refractivity contribution is 0.104. The highest BCUT2D eigenvalue weighted by atomic mass is 32.1. The molecular weight excluding hydrogens is 356 g/mol. The smallest absolute Gasteiger partial charge is 0.214 e. The second kappa shape index (κ2) is 7.02. The molecule has 2 heterocycles. The minimum Gasteiger partial charge on any atom is -0.287 e. The van der Waals surface area contributed by atoms with E-state index in [1.54, 1.807) is 0 Å². The first kappa shape index (κ1) is 17.0. The molecule has 0 radical (unpaired) electrons. The maximum atomic E-state index is 13.4. The standard InChI is InChI=1S/C23H18OS2/c1-15-7-3-5-9-17(15)19-11-13-25-22(19)21(24)23-20(12-14-26-23)18-10-6-4-8-16(18)2/h3-14H,1-2H3. The predicted octanol–water partition coefficient (Wildman–Crippen LogP) is 6.99. The third-order valence-electron chi connectivity index (χ3n) is 4.61. The van der Waals surface area contributed by atoms with E-state index < -0.39 is 0 Å². The molecule has 2 aromatic carbocycles. The Kier molecular flexibility index (Phi) is 4.58. The number of rotatable bonds is 4. The zero-order valence-electron chi connectivity index (χ0n) is 14.7. The second-order valence-electron chi connectivity index (χ2n) is 6.29. The van der Waals surface area contributed by atoms with Crippen LogP contribution in [0.5, 0.6) is 0 Å². The molecule has 4 aromatic rings. The molecule has 0 unspecified atom stereocenters. The summed E-state index contributed by atoms with van der Waals surface area (Å²) in [5.41, 5.74) is 6.69. The molecule has 0 atom stereocenters. The normalized spacial score (nSPS) is 10.8. The molecule has 2 aromatic heterocycles. The number of aryl methyl sites for hydroxylation is 2. The van der Waals surface area contributed by atoms with Gasteiger partial charge < -0.3 is 0 Å². The number of ketones is 1. The van der Waals surface area contributed by atoms with E-state index in [0.717, 1.165) is 32.0 Å². The SMILES string of the molecule is Cc1ccccc1-c1ccsc1C(=O)c1sccc1-c1ccccc1C. The summed E-state index contributed by atoms with van der Waals surface area (Å²) < 4.78 is 0. The minimum atomic E-state index is 0.117. The summed E-state index contributed by atoms with van der Waals surface area (Å²) in [7, 11) is 0. The van der Waals surface area contributed by atoms with Crippen LogP contribution in [0.15, 0.2) is 71.4 Å². The van der Waals surface area contributed by atoms with Crippen LogP contribution in [0.2, 0.25) is 0 Å². The van der Waals surface area contributed by atoms with Crippen molar-refractivity contribution < 1.29 is 4.79 Å². The third-order valence-corrected chi connectivity index (χ3v) is 6.44. The molecule has 0 aliphatic rings. The van der Waals surface area contributed by atoms with E-state index in [1.165, 1.54) is 33.8 Å². The van der Waals surface area contributed by atoms with E-state index in [2.05, 4.69) is 50.2 Å². The average Bonchev–Trinajstić information content (AvgIpc) is 3.31. The van der Waals surface area contributed by atoms with Gasteiger partial charge in [-0.1, -0.05) is 48.5 Å². The topological polar surface area (TPSA) is 17.1 Å². The number of carbonyl (C=O) groups excluding carboxylic acids is 1. The van der Waals surface area contributed by atoms with E-state index in [-0.39, 0.29) is 5.78 Å². The monoisotopic (exact) mass is 374 g/mol. The molecular formula is C23H18OS2. The summed E-state index contributed by atoms with van der Waals surface area (Å²) in [6.07, 6.45) is 0. The summed E-state index contributed by atoms with van der Waals surface area (Å²) in [6, 6.07) is 20.6. The number of thiophene rings is 2. The molecule has 0 N–H and O–H groups in total. The molecule has 0 spiro atoms. The number of hydrogen-bond donors (Lipinski definition) is 0.